The number of alkyl halides is 3. The highest BCUT2D eigenvalue weighted by Crippen LogP contribution is 2.41. The van der Waals surface area contributed by atoms with E-state index >= 15 is 0 Å². The molecule has 5 rings (SSSR count). The van der Waals surface area contributed by atoms with E-state index in [-0.39, 0.29) is 23.3 Å². The lowest BCUT2D eigenvalue weighted by Gasteiger charge is -2.08. The van der Waals surface area contributed by atoms with Crippen molar-refractivity contribution in [3.8, 4) is 22.8 Å². The second kappa shape index (κ2) is 5.96. The lowest BCUT2D eigenvalue weighted by Crippen LogP contribution is -2.08. The van der Waals surface area contributed by atoms with Crippen molar-refractivity contribution in [3.63, 3.8) is 0 Å². The van der Waals surface area contributed by atoms with E-state index in [0.717, 1.165) is 23.7 Å². The van der Waals surface area contributed by atoms with Crippen molar-refractivity contribution in [2.24, 2.45) is 4.99 Å². The van der Waals surface area contributed by atoms with E-state index in [0.29, 0.717) is 17.7 Å². The van der Waals surface area contributed by atoms with Crippen molar-refractivity contribution in [2.75, 3.05) is 0 Å². The van der Waals surface area contributed by atoms with Gasteiger partial charge in [-0.1, -0.05) is 17.3 Å². The van der Waals surface area contributed by atoms with Gasteiger partial charge in [0.2, 0.25) is 5.82 Å². The minimum atomic E-state index is -4.81. The van der Waals surface area contributed by atoms with E-state index in [1.807, 2.05) is 24.4 Å². The Labute approximate surface area is 156 Å². The van der Waals surface area contributed by atoms with Crippen LogP contribution in [-0.4, -0.2) is 22.4 Å². The Hall–Kier alpha value is -3.07. The fraction of sp³-hybridized carbons (Fsp3) is 0.211. The Bertz CT molecular complexity index is 1110. The molecule has 0 amide bonds. The highest BCUT2D eigenvalue weighted by molar-refractivity contribution is 5.73. The third-order valence-corrected chi connectivity index (χ3v) is 4.85. The van der Waals surface area contributed by atoms with Crippen LogP contribution in [0.5, 0.6) is 0 Å². The van der Waals surface area contributed by atoms with Gasteiger partial charge in [0.25, 0.3) is 5.89 Å². The van der Waals surface area contributed by atoms with E-state index in [2.05, 4.69) is 20.4 Å². The number of benzene rings is 2. The van der Waals surface area contributed by atoms with Crippen LogP contribution in [0.3, 0.4) is 0 Å². The molecule has 0 radical (unpaired) electrons. The Morgan fingerprint density at radius 2 is 1.89 bits per heavy atom. The molecule has 5 nitrogen and oxygen atoms in total. The molecule has 2 aliphatic heterocycles. The molecule has 142 valence electrons. The summed E-state index contributed by atoms with van der Waals surface area (Å²) < 4.78 is 57.3. The highest BCUT2D eigenvalue weighted by atomic mass is 19.4. The Morgan fingerprint density at radius 3 is 2.71 bits per heavy atom. The molecule has 9 heteroatoms. The van der Waals surface area contributed by atoms with Crippen LogP contribution in [0.2, 0.25) is 0 Å². The van der Waals surface area contributed by atoms with Gasteiger partial charge < -0.3 is 9.84 Å². The van der Waals surface area contributed by atoms with E-state index in [4.69, 9.17) is 4.52 Å². The number of hydrogen-bond donors (Lipinski definition) is 1. The molecule has 2 aromatic carbocycles. The number of hydrogen-bond acceptors (Lipinski definition) is 5. The molecule has 3 aromatic rings. The SMILES string of the molecule is Fc1ccc(-c2nc(-c3ccc4c(c3)N=CC[C@@H]3NC43)no2)cc1C(F)(F)F. The predicted molar refractivity (Wildman–Crippen MR) is 92.6 cm³/mol. The first-order chi connectivity index (χ1) is 13.4. The van der Waals surface area contributed by atoms with E-state index in [1.54, 1.807) is 0 Å². The van der Waals surface area contributed by atoms with Crippen LogP contribution < -0.4 is 5.32 Å². The largest absolute Gasteiger partial charge is 0.419 e. The van der Waals surface area contributed by atoms with E-state index in [9.17, 15) is 17.6 Å². The van der Waals surface area contributed by atoms with E-state index in [1.165, 1.54) is 6.07 Å². The summed E-state index contributed by atoms with van der Waals surface area (Å²) >= 11 is 0. The third kappa shape index (κ3) is 2.88. The molecule has 2 aliphatic rings. The fourth-order valence-electron chi connectivity index (χ4n) is 3.34. The fourth-order valence-corrected chi connectivity index (χ4v) is 3.34. The van der Waals surface area contributed by atoms with Crippen LogP contribution in [0.4, 0.5) is 23.2 Å². The molecule has 0 saturated carbocycles. The average Bonchev–Trinajstić information content (AvgIpc) is 3.28. The van der Waals surface area contributed by atoms with Crippen molar-refractivity contribution in [1.29, 1.82) is 0 Å². The van der Waals surface area contributed by atoms with Gasteiger partial charge in [-0.05, 0) is 36.2 Å². The Morgan fingerprint density at radius 1 is 1.07 bits per heavy atom. The quantitative estimate of drug-likeness (QED) is 0.511. The van der Waals surface area contributed by atoms with Crippen molar-refractivity contribution in [2.45, 2.75) is 24.7 Å². The predicted octanol–water partition coefficient (Wildman–Crippen LogP) is 4.68. The smallest absolute Gasteiger partial charge is 0.334 e. The summed E-state index contributed by atoms with van der Waals surface area (Å²) in [5, 5.41) is 7.22. The van der Waals surface area contributed by atoms with Gasteiger partial charge in [0.05, 0.1) is 17.3 Å². The first kappa shape index (κ1) is 17.1. The number of nitrogens with zero attached hydrogens (tertiary/aromatic N) is 3. The van der Waals surface area contributed by atoms with Crippen molar-refractivity contribution in [3.05, 3.63) is 53.3 Å². The van der Waals surface area contributed by atoms with Gasteiger partial charge in [0.15, 0.2) is 0 Å². The maximum atomic E-state index is 13.5. The first-order valence-electron chi connectivity index (χ1n) is 8.54. The molecule has 0 bridgehead atoms. The third-order valence-electron chi connectivity index (χ3n) is 4.85. The molecule has 0 spiro atoms. The lowest BCUT2D eigenvalue weighted by atomic mass is 10.0. The maximum Gasteiger partial charge on any atom is 0.419 e. The normalized spacial score (nSPS) is 20.4. The summed E-state index contributed by atoms with van der Waals surface area (Å²) in [5.74, 6) is -1.26. The van der Waals surface area contributed by atoms with Gasteiger partial charge >= 0.3 is 6.18 Å². The number of nitrogens with one attached hydrogen (secondary N) is 1. The lowest BCUT2D eigenvalue weighted by molar-refractivity contribution is -0.139. The average molecular weight is 388 g/mol. The van der Waals surface area contributed by atoms with E-state index < -0.39 is 17.6 Å². The summed E-state index contributed by atoms with van der Waals surface area (Å²) in [4.78, 5) is 8.62. The van der Waals surface area contributed by atoms with Gasteiger partial charge in [-0.25, -0.2) is 4.39 Å². The zero-order chi connectivity index (χ0) is 19.5. The molecular weight excluding hydrogens is 376 g/mol. The topological polar surface area (TPSA) is 73.2 Å². The number of aromatic nitrogens is 2. The molecule has 1 unspecified atom stereocenters. The number of rotatable bonds is 2. The second-order valence-corrected chi connectivity index (χ2v) is 6.69. The molecule has 3 heterocycles. The summed E-state index contributed by atoms with van der Waals surface area (Å²) in [6.45, 7) is 0. The van der Waals surface area contributed by atoms with Crippen LogP contribution in [-0.2, 0) is 6.18 Å². The van der Waals surface area contributed by atoms with Gasteiger partial charge in [-0.2, -0.15) is 18.2 Å². The zero-order valence-corrected chi connectivity index (χ0v) is 14.2. The van der Waals surface area contributed by atoms with Crippen LogP contribution >= 0.6 is 0 Å². The molecule has 28 heavy (non-hydrogen) atoms. The summed E-state index contributed by atoms with van der Waals surface area (Å²) in [6.07, 6.45) is -2.11. The maximum absolute atomic E-state index is 13.5. The van der Waals surface area contributed by atoms with Gasteiger partial charge in [-0.3, -0.25) is 4.99 Å². The molecule has 1 saturated heterocycles. The van der Waals surface area contributed by atoms with Crippen molar-refractivity contribution >= 4 is 11.9 Å². The van der Waals surface area contributed by atoms with Gasteiger partial charge in [0.1, 0.15) is 5.82 Å². The van der Waals surface area contributed by atoms with Crippen LogP contribution in [0, 0.1) is 5.82 Å². The molecule has 1 aromatic heterocycles. The Kier molecular flexibility index (Phi) is 3.63. The monoisotopic (exact) mass is 388 g/mol. The van der Waals surface area contributed by atoms with Gasteiger partial charge in [-0.15, -0.1) is 0 Å². The summed E-state index contributed by atoms with van der Waals surface area (Å²) in [7, 11) is 0. The summed E-state index contributed by atoms with van der Waals surface area (Å²) in [6, 6.07) is 8.82. The number of fused-ring (bicyclic) bond motifs is 3. The first-order valence-corrected chi connectivity index (χ1v) is 8.54. The van der Waals surface area contributed by atoms with Crippen LogP contribution in [0.1, 0.15) is 23.6 Å². The molecule has 1 N–H and O–H groups in total. The van der Waals surface area contributed by atoms with Crippen molar-refractivity contribution in [1.82, 2.24) is 15.5 Å². The summed E-state index contributed by atoms with van der Waals surface area (Å²) in [5.41, 5.74) is 1.12. The molecular formula is C19H12F4N4O. The minimum absolute atomic E-state index is 0.00900. The van der Waals surface area contributed by atoms with Gasteiger partial charge in [0, 0.05) is 23.4 Å². The van der Waals surface area contributed by atoms with Crippen LogP contribution in [0.15, 0.2) is 45.9 Å². The van der Waals surface area contributed by atoms with Crippen molar-refractivity contribution < 1.29 is 22.1 Å². The molecule has 1 fully saturated rings. The zero-order valence-electron chi connectivity index (χ0n) is 14.2. The molecule has 0 aliphatic carbocycles. The second-order valence-electron chi connectivity index (χ2n) is 6.69. The molecule has 2 atom stereocenters. The van der Waals surface area contributed by atoms with Crippen LogP contribution in [0.25, 0.3) is 22.8 Å². The minimum Gasteiger partial charge on any atom is -0.334 e. The number of aliphatic imine (C=N–C) groups is 1. The standard InChI is InChI=1S/C19H12F4N4O/c20-13-4-2-10(7-12(13)19(21,22)23)18-26-17(27-28-18)9-1-3-11-15(8-9)24-6-5-14-16(11)25-14/h1-4,6-8,14,16,25H,5H2/t14-,16?/m0/s1. The highest BCUT2D eigenvalue weighted by Gasteiger charge is 2.39. The Balaban J connectivity index is 1.50. The number of halogens is 4.